The zero-order chi connectivity index (χ0) is 22.2. The average molecular weight is 438 g/mol. The number of fused-ring (bicyclic) bond motifs is 1. The fourth-order valence-electron chi connectivity index (χ4n) is 4.40. The maximum atomic E-state index is 12.9. The summed E-state index contributed by atoms with van der Waals surface area (Å²) in [5.74, 6) is -1.44. The van der Waals surface area contributed by atoms with Gasteiger partial charge in [-0.2, -0.15) is 0 Å². The van der Waals surface area contributed by atoms with Gasteiger partial charge in [-0.3, -0.25) is 4.90 Å². The van der Waals surface area contributed by atoms with Crippen LogP contribution in [0.25, 0.3) is 0 Å². The van der Waals surface area contributed by atoms with Crippen LogP contribution in [0.3, 0.4) is 0 Å². The molecule has 0 aliphatic carbocycles. The molecule has 2 aromatic rings. The van der Waals surface area contributed by atoms with Crippen molar-refractivity contribution in [1.29, 1.82) is 0 Å². The third-order valence-corrected chi connectivity index (χ3v) is 6.71. The van der Waals surface area contributed by atoms with Crippen LogP contribution in [0, 0.1) is 0 Å². The largest absolute Gasteiger partial charge is 0.466 e. The normalized spacial score (nSPS) is 23.0. The van der Waals surface area contributed by atoms with Crippen LogP contribution >= 0.6 is 11.8 Å². The van der Waals surface area contributed by atoms with E-state index in [-0.39, 0.29) is 6.04 Å². The lowest BCUT2D eigenvalue weighted by molar-refractivity contribution is -0.138. The molecular formula is C24H27N3O3S. The summed E-state index contributed by atoms with van der Waals surface area (Å²) in [4.78, 5) is 21.4. The SMILES string of the molecule is COC(=O)C1=C(C)N=C2SC[C@@](O)(N(c3ccccc3)C(C)C)N2[C@@H]1c1ccccc1. The number of thioether (sulfide) groups is 1. The summed E-state index contributed by atoms with van der Waals surface area (Å²) in [6.07, 6.45) is 0. The number of aliphatic imine (C=N–C) groups is 1. The van der Waals surface area contributed by atoms with Gasteiger partial charge >= 0.3 is 5.97 Å². The standard InChI is InChI=1S/C24H27N3O3S/c1-16(2)26(19-13-9-6-10-14-19)24(29)15-31-23-25-17(3)20(22(28)30-4)21(27(23)24)18-11-7-5-8-12-18/h5-14,16,21,29H,15H2,1-4H3/t21-,24-/m1/s1. The Labute approximate surface area is 187 Å². The van der Waals surface area contributed by atoms with Crippen molar-refractivity contribution in [3.63, 3.8) is 0 Å². The maximum absolute atomic E-state index is 12.9. The van der Waals surface area contributed by atoms with Crippen LogP contribution in [0.15, 0.2) is 76.9 Å². The molecule has 2 heterocycles. The van der Waals surface area contributed by atoms with Gasteiger partial charge in [0.25, 0.3) is 0 Å². The van der Waals surface area contributed by atoms with Crippen LogP contribution in [-0.2, 0) is 9.53 Å². The fraction of sp³-hybridized carbons (Fsp3) is 0.333. The molecule has 2 atom stereocenters. The number of carbonyl (C=O) groups is 1. The van der Waals surface area contributed by atoms with E-state index in [1.54, 1.807) is 0 Å². The van der Waals surface area contributed by atoms with Gasteiger partial charge in [0.05, 0.1) is 30.2 Å². The molecule has 0 aromatic heterocycles. The second-order valence-electron chi connectivity index (χ2n) is 7.93. The van der Waals surface area contributed by atoms with Gasteiger partial charge in [-0.05, 0) is 38.5 Å². The molecule has 31 heavy (non-hydrogen) atoms. The van der Waals surface area contributed by atoms with E-state index >= 15 is 0 Å². The lowest BCUT2D eigenvalue weighted by Gasteiger charge is -2.50. The summed E-state index contributed by atoms with van der Waals surface area (Å²) in [7, 11) is 1.37. The van der Waals surface area contributed by atoms with Gasteiger partial charge in [0, 0.05) is 11.7 Å². The van der Waals surface area contributed by atoms with Crippen LogP contribution in [0.1, 0.15) is 32.4 Å². The number of methoxy groups -OCH3 is 1. The summed E-state index contributed by atoms with van der Waals surface area (Å²) >= 11 is 1.50. The van der Waals surface area contributed by atoms with Crippen LogP contribution in [-0.4, -0.2) is 45.9 Å². The Morgan fingerprint density at radius 2 is 1.81 bits per heavy atom. The summed E-state index contributed by atoms with van der Waals surface area (Å²) < 4.78 is 5.13. The van der Waals surface area contributed by atoms with Gasteiger partial charge in [-0.1, -0.05) is 60.3 Å². The lowest BCUT2D eigenvalue weighted by Crippen LogP contribution is -2.64. The Balaban J connectivity index is 1.91. The van der Waals surface area contributed by atoms with Crippen molar-refractivity contribution in [2.75, 3.05) is 17.8 Å². The molecule has 1 fully saturated rings. The average Bonchev–Trinajstić information content (AvgIpc) is 3.09. The second kappa shape index (κ2) is 8.40. The molecule has 0 spiro atoms. The predicted octanol–water partition coefficient (Wildman–Crippen LogP) is 4.15. The Morgan fingerprint density at radius 3 is 2.39 bits per heavy atom. The highest BCUT2D eigenvalue weighted by Crippen LogP contribution is 2.48. The van der Waals surface area contributed by atoms with E-state index < -0.39 is 17.9 Å². The lowest BCUT2D eigenvalue weighted by atomic mass is 9.93. The van der Waals surface area contributed by atoms with Crippen molar-refractivity contribution in [2.45, 2.75) is 38.7 Å². The van der Waals surface area contributed by atoms with Gasteiger partial charge in [-0.15, -0.1) is 0 Å². The van der Waals surface area contributed by atoms with E-state index in [0.29, 0.717) is 22.2 Å². The number of aliphatic hydroxyl groups is 1. The van der Waals surface area contributed by atoms with Gasteiger partial charge in [0.2, 0.25) is 5.85 Å². The molecule has 1 N–H and O–H groups in total. The molecule has 1 saturated heterocycles. The molecule has 2 aromatic carbocycles. The van der Waals surface area contributed by atoms with Crippen LogP contribution in [0.5, 0.6) is 0 Å². The number of rotatable bonds is 5. The first kappa shape index (κ1) is 21.5. The highest BCUT2D eigenvalue weighted by Gasteiger charge is 2.55. The summed E-state index contributed by atoms with van der Waals surface area (Å²) in [6, 6.07) is 19.1. The van der Waals surface area contributed by atoms with Crippen molar-refractivity contribution in [2.24, 2.45) is 4.99 Å². The molecule has 0 saturated carbocycles. The minimum atomic E-state index is -1.39. The molecule has 162 valence electrons. The smallest absolute Gasteiger partial charge is 0.338 e. The van der Waals surface area contributed by atoms with Gasteiger partial charge in [-0.25, -0.2) is 9.79 Å². The van der Waals surface area contributed by atoms with Crippen molar-refractivity contribution in [1.82, 2.24) is 4.90 Å². The Kier molecular flexibility index (Phi) is 5.81. The zero-order valence-electron chi connectivity index (χ0n) is 18.1. The molecule has 0 amide bonds. The number of benzene rings is 2. The first-order valence-corrected chi connectivity index (χ1v) is 11.3. The summed E-state index contributed by atoms with van der Waals surface area (Å²) in [6.45, 7) is 5.92. The van der Waals surface area contributed by atoms with Crippen LogP contribution in [0.2, 0.25) is 0 Å². The van der Waals surface area contributed by atoms with Crippen molar-refractivity contribution in [3.8, 4) is 0 Å². The number of allylic oxidation sites excluding steroid dienone is 1. The highest BCUT2D eigenvalue weighted by molar-refractivity contribution is 8.14. The third kappa shape index (κ3) is 3.62. The molecule has 2 aliphatic rings. The Morgan fingerprint density at radius 1 is 1.19 bits per heavy atom. The number of nitrogens with zero attached hydrogens (tertiary/aromatic N) is 3. The molecule has 0 bridgehead atoms. The van der Waals surface area contributed by atoms with E-state index in [4.69, 9.17) is 9.73 Å². The van der Waals surface area contributed by atoms with E-state index in [1.807, 2.05) is 77.4 Å². The molecule has 7 heteroatoms. The predicted molar refractivity (Wildman–Crippen MR) is 125 cm³/mol. The Hall–Kier alpha value is -2.77. The molecular weight excluding hydrogens is 410 g/mol. The van der Waals surface area contributed by atoms with Gasteiger partial charge in [0.15, 0.2) is 5.17 Å². The van der Waals surface area contributed by atoms with E-state index in [1.165, 1.54) is 18.9 Å². The molecule has 2 aliphatic heterocycles. The molecule has 6 nitrogen and oxygen atoms in total. The first-order chi connectivity index (χ1) is 14.9. The van der Waals surface area contributed by atoms with E-state index in [0.717, 1.165) is 11.3 Å². The highest BCUT2D eigenvalue weighted by atomic mass is 32.2. The quantitative estimate of drug-likeness (QED) is 0.560. The minimum Gasteiger partial charge on any atom is -0.466 e. The number of amidine groups is 1. The monoisotopic (exact) mass is 437 g/mol. The van der Waals surface area contributed by atoms with E-state index in [9.17, 15) is 9.90 Å². The summed E-state index contributed by atoms with van der Waals surface area (Å²) in [5.41, 5.74) is 2.85. The van der Waals surface area contributed by atoms with Crippen molar-refractivity contribution in [3.05, 3.63) is 77.5 Å². The van der Waals surface area contributed by atoms with Crippen molar-refractivity contribution < 1.29 is 14.6 Å². The number of ether oxygens (including phenoxy) is 1. The first-order valence-electron chi connectivity index (χ1n) is 10.3. The number of carbonyl (C=O) groups excluding carboxylic acids is 1. The number of para-hydroxylation sites is 1. The maximum Gasteiger partial charge on any atom is 0.338 e. The van der Waals surface area contributed by atoms with E-state index in [2.05, 4.69) is 13.8 Å². The molecule has 0 unspecified atom stereocenters. The minimum absolute atomic E-state index is 0.00245. The van der Waals surface area contributed by atoms with Crippen LogP contribution in [0.4, 0.5) is 5.69 Å². The number of esters is 1. The van der Waals surface area contributed by atoms with Crippen LogP contribution < -0.4 is 4.90 Å². The number of anilines is 1. The molecule has 4 rings (SSSR count). The Bertz CT molecular complexity index is 1020. The second-order valence-corrected chi connectivity index (χ2v) is 8.87. The zero-order valence-corrected chi connectivity index (χ0v) is 19.0. The van der Waals surface area contributed by atoms with Gasteiger partial charge in [0.1, 0.15) is 0 Å². The number of hydrogen-bond acceptors (Lipinski definition) is 7. The van der Waals surface area contributed by atoms with Crippen molar-refractivity contribution >= 4 is 28.6 Å². The summed E-state index contributed by atoms with van der Waals surface area (Å²) in [5, 5.41) is 12.9. The fourth-order valence-corrected chi connectivity index (χ4v) is 5.59. The topological polar surface area (TPSA) is 65.4 Å². The number of hydrogen-bond donors (Lipinski definition) is 1. The van der Waals surface area contributed by atoms with Gasteiger partial charge < -0.3 is 14.7 Å². The third-order valence-electron chi connectivity index (χ3n) is 5.63. The molecule has 0 radical (unpaired) electrons.